The van der Waals surface area contributed by atoms with E-state index < -0.39 is 0 Å². The number of hydrogen-bond acceptors (Lipinski definition) is 4. The van der Waals surface area contributed by atoms with Gasteiger partial charge in [0.25, 0.3) is 0 Å². The molecule has 0 bridgehead atoms. The van der Waals surface area contributed by atoms with Crippen molar-refractivity contribution in [1.29, 1.82) is 0 Å². The summed E-state index contributed by atoms with van der Waals surface area (Å²) >= 11 is 0. The summed E-state index contributed by atoms with van der Waals surface area (Å²) in [5, 5.41) is 0. The molecule has 0 aliphatic heterocycles. The van der Waals surface area contributed by atoms with Gasteiger partial charge in [-0.05, 0) is 25.1 Å². The van der Waals surface area contributed by atoms with Crippen LogP contribution in [0, 0.1) is 5.82 Å². The van der Waals surface area contributed by atoms with Gasteiger partial charge in [-0.2, -0.15) is 0 Å². The van der Waals surface area contributed by atoms with Gasteiger partial charge in [-0.25, -0.2) is 4.39 Å². The Morgan fingerprint density at radius 3 is 2.76 bits per heavy atom. The van der Waals surface area contributed by atoms with Crippen molar-refractivity contribution in [3.05, 3.63) is 29.6 Å². The Kier molecular flexibility index (Phi) is 5.90. The molecule has 0 radical (unpaired) electrons. The zero-order chi connectivity index (χ0) is 12.7. The topological polar surface area (TPSA) is 53.7 Å². The summed E-state index contributed by atoms with van der Waals surface area (Å²) < 4.78 is 28.4. The molecule has 96 valence electrons. The molecule has 0 spiro atoms. The summed E-state index contributed by atoms with van der Waals surface area (Å²) in [6.45, 7) is 2.82. The van der Waals surface area contributed by atoms with Crippen LogP contribution in [0.3, 0.4) is 0 Å². The molecule has 0 aliphatic carbocycles. The second kappa shape index (κ2) is 7.21. The summed E-state index contributed by atoms with van der Waals surface area (Å²) in [6.07, 6.45) is 0. The standard InChI is InChI=1S/C12H18FNO3/c1-9(14)11-7-10(13)3-4-12(11)17-8-16-6-5-15-2/h3-4,7,9H,5-6,8,14H2,1-2H3. The third-order valence-corrected chi connectivity index (χ3v) is 2.19. The molecule has 0 fully saturated rings. The Balaban J connectivity index is 2.52. The minimum Gasteiger partial charge on any atom is -0.467 e. The van der Waals surface area contributed by atoms with Crippen molar-refractivity contribution in [3.8, 4) is 5.75 Å². The summed E-state index contributed by atoms with van der Waals surface area (Å²) in [4.78, 5) is 0. The molecule has 1 atom stereocenters. The van der Waals surface area contributed by atoms with Crippen LogP contribution in [0.1, 0.15) is 18.5 Å². The summed E-state index contributed by atoms with van der Waals surface area (Å²) in [6, 6.07) is 3.96. The Morgan fingerprint density at radius 2 is 2.12 bits per heavy atom. The van der Waals surface area contributed by atoms with E-state index in [9.17, 15) is 4.39 Å². The molecule has 0 aliphatic rings. The highest BCUT2D eigenvalue weighted by Gasteiger charge is 2.09. The Labute approximate surface area is 100 Å². The number of hydrogen-bond donors (Lipinski definition) is 1. The first-order valence-electron chi connectivity index (χ1n) is 5.39. The van der Waals surface area contributed by atoms with Crippen LogP contribution in [-0.4, -0.2) is 27.1 Å². The van der Waals surface area contributed by atoms with Crippen molar-refractivity contribution in [1.82, 2.24) is 0 Å². The lowest BCUT2D eigenvalue weighted by Gasteiger charge is -2.14. The third-order valence-electron chi connectivity index (χ3n) is 2.19. The van der Waals surface area contributed by atoms with Crippen LogP contribution >= 0.6 is 0 Å². The second-order valence-corrected chi connectivity index (χ2v) is 3.63. The molecule has 0 saturated carbocycles. The summed E-state index contributed by atoms with van der Waals surface area (Å²) in [7, 11) is 1.60. The fourth-order valence-electron chi connectivity index (χ4n) is 1.31. The highest BCUT2D eigenvalue weighted by Crippen LogP contribution is 2.24. The number of halogens is 1. The minimum atomic E-state index is -0.329. The largest absolute Gasteiger partial charge is 0.467 e. The van der Waals surface area contributed by atoms with Gasteiger partial charge in [0.1, 0.15) is 11.6 Å². The maximum absolute atomic E-state index is 13.0. The van der Waals surface area contributed by atoms with E-state index in [1.165, 1.54) is 12.1 Å². The molecule has 1 rings (SSSR count). The molecule has 0 heterocycles. The smallest absolute Gasteiger partial charge is 0.189 e. The zero-order valence-corrected chi connectivity index (χ0v) is 10.1. The van der Waals surface area contributed by atoms with E-state index in [0.29, 0.717) is 24.5 Å². The fourth-order valence-corrected chi connectivity index (χ4v) is 1.31. The van der Waals surface area contributed by atoms with E-state index in [-0.39, 0.29) is 18.7 Å². The normalized spacial score (nSPS) is 12.5. The summed E-state index contributed by atoms with van der Waals surface area (Å²) in [5.74, 6) is 0.212. The van der Waals surface area contributed by atoms with Crippen LogP contribution in [0.25, 0.3) is 0 Å². The van der Waals surface area contributed by atoms with Gasteiger partial charge in [0.2, 0.25) is 0 Å². The first kappa shape index (κ1) is 13.9. The van der Waals surface area contributed by atoms with E-state index in [0.717, 1.165) is 0 Å². The highest BCUT2D eigenvalue weighted by atomic mass is 19.1. The predicted molar refractivity (Wildman–Crippen MR) is 62.3 cm³/mol. The minimum absolute atomic E-state index is 0.0920. The molecule has 1 aromatic rings. The molecule has 1 aromatic carbocycles. The Morgan fingerprint density at radius 1 is 1.35 bits per heavy atom. The first-order chi connectivity index (χ1) is 8.15. The average molecular weight is 243 g/mol. The van der Waals surface area contributed by atoms with Crippen LogP contribution in [0.5, 0.6) is 5.75 Å². The number of methoxy groups -OCH3 is 1. The number of rotatable bonds is 7. The van der Waals surface area contributed by atoms with Crippen LogP contribution in [0.15, 0.2) is 18.2 Å². The van der Waals surface area contributed by atoms with Crippen molar-refractivity contribution in [2.75, 3.05) is 27.1 Å². The van der Waals surface area contributed by atoms with Gasteiger partial charge >= 0.3 is 0 Å². The summed E-state index contributed by atoms with van der Waals surface area (Å²) in [5.41, 5.74) is 6.35. The second-order valence-electron chi connectivity index (χ2n) is 3.63. The van der Waals surface area contributed by atoms with Gasteiger partial charge in [0.15, 0.2) is 6.79 Å². The maximum atomic E-state index is 13.0. The molecule has 0 amide bonds. The van der Waals surface area contributed by atoms with Crippen LogP contribution in [-0.2, 0) is 9.47 Å². The lowest BCUT2D eigenvalue weighted by Crippen LogP contribution is -2.12. The lowest BCUT2D eigenvalue weighted by atomic mass is 10.1. The lowest BCUT2D eigenvalue weighted by molar-refractivity contribution is -0.00900. The Bertz CT molecular complexity index is 345. The fraction of sp³-hybridized carbons (Fsp3) is 0.500. The molecule has 0 saturated heterocycles. The average Bonchev–Trinajstić information content (AvgIpc) is 2.30. The third kappa shape index (κ3) is 4.68. The molecule has 1 unspecified atom stereocenters. The van der Waals surface area contributed by atoms with Crippen LogP contribution in [0.4, 0.5) is 4.39 Å². The van der Waals surface area contributed by atoms with Gasteiger partial charge in [-0.15, -0.1) is 0 Å². The van der Waals surface area contributed by atoms with E-state index in [4.69, 9.17) is 19.9 Å². The van der Waals surface area contributed by atoms with Gasteiger partial charge in [-0.1, -0.05) is 0 Å². The number of ether oxygens (including phenoxy) is 3. The quantitative estimate of drug-likeness (QED) is 0.586. The number of benzene rings is 1. The molecule has 4 nitrogen and oxygen atoms in total. The van der Waals surface area contributed by atoms with Crippen molar-refractivity contribution in [3.63, 3.8) is 0 Å². The van der Waals surface area contributed by atoms with E-state index in [1.54, 1.807) is 20.1 Å². The van der Waals surface area contributed by atoms with Gasteiger partial charge in [-0.3, -0.25) is 0 Å². The first-order valence-corrected chi connectivity index (χ1v) is 5.39. The highest BCUT2D eigenvalue weighted by molar-refractivity contribution is 5.35. The van der Waals surface area contributed by atoms with Crippen molar-refractivity contribution < 1.29 is 18.6 Å². The maximum Gasteiger partial charge on any atom is 0.189 e. The van der Waals surface area contributed by atoms with Crippen LogP contribution in [0.2, 0.25) is 0 Å². The molecular weight excluding hydrogens is 225 g/mol. The number of nitrogens with two attached hydrogens (primary N) is 1. The zero-order valence-electron chi connectivity index (χ0n) is 10.1. The Hall–Kier alpha value is -1.17. The van der Waals surface area contributed by atoms with Crippen LogP contribution < -0.4 is 10.5 Å². The van der Waals surface area contributed by atoms with Crippen molar-refractivity contribution >= 4 is 0 Å². The van der Waals surface area contributed by atoms with Crippen molar-refractivity contribution in [2.24, 2.45) is 5.73 Å². The van der Waals surface area contributed by atoms with Crippen molar-refractivity contribution in [2.45, 2.75) is 13.0 Å². The molecule has 0 aromatic heterocycles. The molecular formula is C12H18FNO3. The SMILES string of the molecule is COCCOCOc1ccc(F)cc1C(C)N. The van der Waals surface area contributed by atoms with E-state index in [1.807, 2.05) is 0 Å². The molecule has 5 heteroatoms. The molecule has 2 N–H and O–H groups in total. The monoisotopic (exact) mass is 243 g/mol. The van der Waals surface area contributed by atoms with E-state index in [2.05, 4.69) is 0 Å². The predicted octanol–water partition coefficient (Wildman–Crippen LogP) is 1.84. The van der Waals surface area contributed by atoms with E-state index >= 15 is 0 Å². The van der Waals surface area contributed by atoms with Gasteiger partial charge < -0.3 is 19.9 Å². The van der Waals surface area contributed by atoms with Gasteiger partial charge in [0.05, 0.1) is 13.2 Å². The van der Waals surface area contributed by atoms with Gasteiger partial charge in [0, 0.05) is 18.7 Å². The molecule has 17 heavy (non-hydrogen) atoms.